The summed E-state index contributed by atoms with van der Waals surface area (Å²) in [7, 11) is 0. The number of rotatable bonds is 9. The van der Waals surface area contributed by atoms with Gasteiger partial charge in [0.15, 0.2) is 0 Å². The van der Waals surface area contributed by atoms with Gasteiger partial charge < -0.3 is 26.0 Å². The normalized spacial score (nSPS) is 12.8. The van der Waals surface area contributed by atoms with Crippen LogP contribution in [0.3, 0.4) is 0 Å². The second kappa shape index (κ2) is 8.84. The topological polar surface area (TPSA) is 156 Å². The molecule has 1 aromatic heterocycles. The summed E-state index contributed by atoms with van der Waals surface area (Å²) in [6.45, 7) is 0. The zero-order chi connectivity index (χ0) is 20.0. The quantitative estimate of drug-likeness (QED) is 0.284. The first-order chi connectivity index (χ1) is 12.8. The molecule has 0 saturated heterocycles. The van der Waals surface area contributed by atoms with Gasteiger partial charge in [0.1, 0.15) is 18.0 Å². The van der Waals surface area contributed by atoms with E-state index in [1.165, 1.54) is 18.3 Å². The van der Waals surface area contributed by atoms with Crippen molar-refractivity contribution in [2.45, 2.75) is 31.4 Å². The van der Waals surface area contributed by atoms with Gasteiger partial charge in [-0.05, 0) is 24.1 Å². The third-order valence-corrected chi connectivity index (χ3v) is 3.95. The van der Waals surface area contributed by atoms with E-state index in [4.69, 9.17) is 10.6 Å². The molecule has 1 amide bonds. The summed E-state index contributed by atoms with van der Waals surface area (Å²) < 4.78 is 13.9. The van der Waals surface area contributed by atoms with E-state index >= 15 is 0 Å². The number of aliphatic carboxylic acids is 1. The molecule has 1 aromatic carbocycles. The highest BCUT2D eigenvalue weighted by Gasteiger charge is 2.26. The van der Waals surface area contributed by atoms with Gasteiger partial charge in [-0.1, -0.05) is 6.07 Å². The summed E-state index contributed by atoms with van der Waals surface area (Å²) in [5.41, 5.74) is 9.12. The second-order valence-electron chi connectivity index (χ2n) is 5.85. The van der Waals surface area contributed by atoms with Crippen molar-refractivity contribution in [1.29, 1.82) is 0 Å². The van der Waals surface area contributed by atoms with Crippen LogP contribution < -0.4 is 5.32 Å². The van der Waals surface area contributed by atoms with Gasteiger partial charge in [0.05, 0.1) is 0 Å². The number of amides is 1. The molecule has 0 spiro atoms. The van der Waals surface area contributed by atoms with Crippen LogP contribution in [0.2, 0.25) is 0 Å². The minimum atomic E-state index is -1.61. The van der Waals surface area contributed by atoms with Crippen molar-refractivity contribution < 1.29 is 33.8 Å². The molecule has 0 aliphatic heterocycles. The van der Waals surface area contributed by atoms with Crippen LogP contribution in [-0.2, 0) is 20.8 Å². The average molecular weight is 376 g/mol. The summed E-state index contributed by atoms with van der Waals surface area (Å²) in [6.07, 6.45) is -0.270. The molecule has 142 valence electrons. The summed E-state index contributed by atoms with van der Waals surface area (Å²) in [4.78, 5) is 39.9. The summed E-state index contributed by atoms with van der Waals surface area (Å²) >= 11 is 0. The zero-order valence-electron chi connectivity index (χ0n) is 14.1. The van der Waals surface area contributed by atoms with Gasteiger partial charge in [0.25, 0.3) is 0 Å². The SMILES string of the molecule is [N-]=[N+]=CC(=O)CCC(NC(=O)C(O)Cc1c[nH]c2cccc(F)c12)C(=O)O. The molecule has 4 N–H and O–H groups in total. The Kier molecular flexibility index (Phi) is 6.53. The number of nitrogens with one attached hydrogen (secondary N) is 2. The number of ketones is 1. The van der Waals surface area contributed by atoms with E-state index in [2.05, 4.69) is 15.1 Å². The van der Waals surface area contributed by atoms with Crippen LogP contribution >= 0.6 is 0 Å². The smallest absolute Gasteiger partial charge is 0.326 e. The monoisotopic (exact) mass is 376 g/mol. The maximum atomic E-state index is 13.9. The van der Waals surface area contributed by atoms with Crippen LogP contribution in [0.1, 0.15) is 18.4 Å². The fourth-order valence-electron chi connectivity index (χ4n) is 2.61. The van der Waals surface area contributed by atoms with Crippen molar-refractivity contribution in [2.24, 2.45) is 0 Å². The number of fused-ring (bicyclic) bond motifs is 1. The van der Waals surface area contributed by atoms with Crippen LogP contribution in [0.15, 0.2) is 24.4 Å². The second-order valence-corrected chi connectivity index (χ2v) is 5.85. The first-order valence-corrected chi connectivity index (χ1v) is 7.99. The summed E-state index contributed by atoms with van der Waals surface area (Å²) in [6, 6.07) is 2.99. The van der Waals surface area contributed by atoms with E-state index in [-0.39, 0.29) is 24.6 Å². The number of carboxylic acids is 1. The predicted octanol–water partition coefficient (Wildman–Crippen LogP) is 0.430. The maximum Gasteiger partial charge on any atom is 0.326 e. The number of hydrogen-bond acceptors (Lipinski definition) is 4. The minimum Gasteiger partial charge on any atom is -0.480 e. The van der Waals surface area contributed by atoms with Crippen molar-refractivity contribution in [1.82, 2.24) is 10.3 Å². The van der Waals surface area contributed by atoms with Crippen LogP contribution in [0, 0.1) is 5.82 Å². The van der Waals surface area contributed by atoms with E-state index in [0.29, 0.717) is 17.3 Å². The number of halogens is 1. The van der Waals surface area contributed by atoms with E-state index in [1.54, 1.807) is 6.07 Å². The molecule has 2 rings (SSSR count). The molecular formula is C17H17FN4O5. The Morgan fingerprint density at radius 3 is 2.78 bits per heavy atom. The largest absolute Gasteiger partial charge is 0.480 e. The van der Waals surface area contributed by atoms with E-state index in [1.807, 2.05) is 0 Å². The zero-order valence-corrected chi connectivity index (χ0v) is 14.1. The lowest BCUT2D eigenvalue weighted by Gasteiger charge is -2.16. The maximum absolute atomic E-state index is 13.9. The molecule has 0 bridgehead atoms. The Labute approximate surface area is 152 Å². The number of aromatic nitrogens is 1. The highest BCUT2D eigenvalue weighted by molar-refractivity contribution is 6.25. The van der Waals surface area contributed by atoms with Gasteiger partial charge in [-0.2, -0.15) is 4.79 Å². The fraction of sp³-hybridized carbons (Fsp3) is 0.294. The lowest BCUT2D eigenvalue weighted by molar-refractivity contribution is -0.143. The molecule has 2 atom stereocenters. The third-order valence-electron chi connectivity index (χ3n) is 3.95. The molecule has 9 nitrogen and oxygen atoms in total. The number of nitrogens with zero attached hydrogens (tertiary/aromatic N) is 2. The number of aliphatic hydroxyl groups is 1. The molecule has 2 unspecified atom stereocenters. The first-order valence-electron chi connectivity index (χ1n) is 7.99. The molecule has 0 saturated carbocycles. The van der Waals surface area contributed by atoms with Crippen LogP contribution in [0.4, 0.5) is 4.39 Å². The predicted molar refractivity (Wildman–Crippen MR) is 91.5 cm³/mol. The van der Waals surface area contributed by atoms with Gasteiger partial charge >= 0.3 is 12.2 Å². The molecule has 2 aromatic rings. The Morgan fingerprint density at radius 1 is 1.37 bits per heavy atom. The third kappa shape index (κ3) is 5.06. The van der Waals surface area contributed by atoms with Gasteiger partial charge in [0.2, 0.25) is 11.7 Å². The van der Waals surface area contributed by atoms with E-state index in [9.17, 15) is 23.9 Å². The Bertz CT molecular complexity index is 919. The molecule has 0 aliphatic rings. The van der Waals surface area contributed by atoms with Crippen molar-refractivity contribution in [2.75, 3.05) is 0 Å². The molecule has 10 heteroatoms. The summed E-state index contributed by atoms with van der Waals surface area (Å²) in [5, 5.41) is 21.6. The number of H-pyrrole nitrogens is 1. The number of carbonyl (C=O) groups excluding carboxylic acids is 2. The Morgan fingerprint density at radius 2 is 2.11 bits per heavy atom. The first kappa shape index (κ1) is 20.0. The van der Waals surface area contributed by atoms with Crippen molar-refractivity contribution in [3.05, 3.63) is 41.3 Å². The number of Topliss-reactive ketones (excluding diaryl/α,β-unsaturated/α-hetero) is 1. The molecule has 27 heavy (non-hydrogen) atoms. The standard InChI is InChI=1S/C17H17FN4O5/c18-11-2-1-3-12-15(11)9(7-20-12)6-14(24)16(25)22-13(17(26)27)5-4-10(23)8-21-19/h1-3,7-8,13-14,20,24H,4-6H2,(H,22,25)(H,26,27). The van der Waals surface area contributed by atoms with Crippen molar-refractivity contribution in [3.63, 3.8) is 0 Å². The lowest BCUT2D eigenvalue weighted by atomic mass is 10.0. The summed E-state index contributed by atoms with van der Waals surface area (Å²) in [5.74, 6) is -3.48. The number of hydrogen-bond donors (Lipinski definition) is 4. The lowest BCUT2D eigenvalue weighted by Crippen LogP contribution is -2.46. The molecular weight excluding hydrogens is 359 g/mol. The molecule has 1 heterocycles. The van der Waals surface area contributed by atoms with Crippen molar-refractivity contribution in [3.8, 4) is 0 Å². The highest BCUT2D eigenvalue weighted by atomic mass is 19.1. The van der Waals surface area contributed by atoms with Crippen LogP contribution in [0.5, 0.6) is 0 Å². The van der Waals surface area contributed by atoms with E-state index < -0.39 is 35.6 Å². The molecule has 0 fully saturated rings. The fourth-order valence-corrected chi connectivity index (χ4v) is 2.61. The Balaban J connectivity index is 2.03. The Hall–Kier alpha value is -3.36. The number of aliphatic hydroxyl groups excluding tert-OH is 1. The van der Waals surface area contributed by atoms with Crippen molar-refractivity contribution >= 4 is 34.8 Å². The number of aromatic amines is 1. The van der Waals surface area contributed by atoms with Gasteiger partial charge in [-0.15, -0.1) is 0 Å². The molecule has 0 radical (unpaired) electrons. The number of carbonyl (C=O) groups is 3. The minimum absolute atomic E-state index is 0.227. The highest BCUT2D eigenvalue weighted by Crippen LogP contribution is 2.22. The van der Waals surface area contributed by atoms with Gasteiger partial charge in [-0.25, -0.2) is 9.18 Å². The number of benzene rings is 1. The number of carboxylic acid groups (broad SMARTS) is 1. The molecule has 0 aliphatic carbocycles. The van der Waals surface area contributed by atoms with Gasteiger partial charge in [-0.3, -0.25) is 9.59 Å². The van der Waals surface area contributed by atoms with Crippen LogP contribution in [0.25, 0.3) is 16.4 Å². The average Bonchev–Trinajstić information content (AvgIpc) is 3.02. The van der Waals surface area contributed by atoms with E-state index in [0.717, 1.165) is 0 Å². The van der Waals surface area contributed by atoms with Gasteiger partial charge in [0, 0.05) is 29.9 Å². The van der Waals surface area contributed by atoms with Crippen LogP contribution in [-0.4, -0.2) is 56.0 Å².